The van der Waals surface area contributed by atoms with Gasteiger partial charge < -0.3 is 10.2 Å². The molecular weight excluding hydrogens is 232 g/mol. The number of nitrogens with zero attached hydrogens (tertiary/aromatic N) is 1. The summed E-state index contributed by atoms with van der Waals surface area (Å²) in [4.78, 5) is 2.82. The smallest absolute Gasteiger partial charge is 0.0308 e. The summed E-state index contributed by atoms with van der Waals surface area (Å²) in [6, 6.07) is 0. The third kappa shape index (κ3) is 3.33. The third-order valence-electron chi connectivity index (χ3n) is 5.90. The van der Waals surface area contributed by atoms with E-state index in [2.05, 4.69) is 17.1 Å². The molecule has 2 aliphatic carbocycles. The van der Waals surface area contributed by atoms with Crippen molar-refractivity contribution < 1.29 is 0 Å². The fraction of sp³-hybridized carbons (Fsp3) is 1.00. The minimum atomic E-state index is 0.488. The van der Waals surface area contributed by atoms with Gasteiger partial charge >= 0.3 is 0 Å². The fourth-order valence-electron chi connectivity index (χ4n) is 4.84. The third-order valence-corrected chi connectivity index (χ3v) is 5.90. The molecule has 3 aliphatic rings. The SMILES string of the molecule is CC1(CN2CCCNC3(CCCC3)C2)CCCCC1. The van der Waals surface area contributed by atoms with Gasteiger partial charge in [0.1, 0.15) is 0 Å². The average molecular weight is 264 g/mol. The second kappa shape index (κ2) is 5.73. The standard InChI is InChI=1S/C17H32N2/c1-16(8-3-2-4-9-16)14-19-13-7-12-18-17(15-19)10-5-6-11-17/h18H,2-15H2,1H3. The Bertz CT molecular complexity index is 288. The van der Waals surface area contributed by atoms with Crippen molar-refractivity contribution in [3.8, 4) is 0 Å². The highest BCUT2D eigenvalue weighted by molar-refractivity contribution is 4.97. The summed E-state index contributed by atoms with van der Waals surface area (Å²) in [6.45, 7) is 7.79. The zero-order chi connectivity index (χ0) is 13.2. The summed E-state index contributed by atoms with van der Waals surface area (Å²) >= 11 is 0. The molecule has 0 bridgehead atoms. The van der Waals surface area contributed by atoms with Crippen LogP contribution in [0.4, 0.5) is 0 Å². The first-order valence-electron chi connectivity index (χ1n) is 8.67. The molecule has 2 heteroatoms. The van der Waals surface area contributed by atoms with Gasteiger partial charge in [-0.05, 0) is 50.6 Å². The molecule has 3 fully saturated rings. The molecule has 1 aliphatic heterocycles. The van der Waals surface area contributed by atoms with Crippen molar-refractivity contribution in [3.63, 3.8) is 0 Å². The average Bonchev–Trinajstić information content (AvgIpc) is 2.74. The van der Waals surface area contributed by atoms with Crippen LogP contribution in [0.3, 0.4) is 0 Å². The maximum Gasteiger partial charge on any atom is 0.0308 e. The Hall–Kier alpha value is -0.0800. The normalized spacial score (nSPS) is 31.4. The van der Waals surface area contributed by atoms with Gasteiger partial charge in [-0.1, -0.05) is 39.0 Å². The van der Waals surface area contributed by atoms with Crippen LogP contribution in [0.25, 0.3) is 0 Å². The second-order valence-corrected chi connectivity index (χ2v) is 7.85. The number of nitrogens with one attached hydrogen (secondary N) is 1. The largest absolute Gasteiger partial charge is 0.310 e. The highest BCUT2D eigenvalue weighted by Crippen LogP contribution is 2.38. The lowest BCUT2D eigenvalue weighted by Crippen LogP contribution is -2.51. The molecule has 0 atom stereocenters. The molecular formula is C17H32N2. The Labute approximate surface area is 119 Å². The maximum absolute atomic E-state index is 3.90. The van der Waals surface area contributed by atoms with Gasteiger partial charge in [-0.3, -0.25) is 0 Å². The van der Waals surface area contributed by atoms with Crippen LogP contribution in [0.15, 0.2) is 0 Å². The van der Waals surface area contributed by atoms with Crippen molar-refractivity contribution in [1.29, 1.82) is 0 Å². The highest BCUT2D eigenvalue weighted by Gasteiger charge is 2.38. The molecule has 1 spiro atoms. The topological polar surface area (TPSA) is 15.3 Å². The monoisotopic (exact) mass is 264 g/mol. The van der Waals surface area contributed by atoms with Gasteiger partial charge in [0.15, 0.2) is 0 Å². The summed E-state index contributed by atoms with van der Waals surface area (Å²) in [5.41, 5.74) is 1.10. The van der Waals surface area contributed by atoms with Crippen LogP contribution in [0, 0.1) is 5.41 Å². The van der Waals surface area contributed by atoms with E-state index in [0.717, 1.165) is 0 Å². The summed E-state index contributed by atoms with van der Waals surface area (Å²) in [7, 11) is 0. The molecule has 0 amide bonds. The minimum absolute atomic E-state index is 0.488. The predicted octanol–water partition coefficient (Wildman–Crippen LogP) is 3.56. The molecule has 0 aromatic carbocycles. The Morgan fingerprint density at radius 1 is 0.895 bits per heavy atom. The van der Waals surface area contributed by atoms with E-state index >= 15 is 0 Å². The van der Waals surface area contributed by atoms with Gasteiger partial charge in [0.05, 0.1) is 0 Å². The molecule has 0 aromatic rings. The lowest BCUT2D eigenvalue weighted by molar-refractivity contribution is 0.105. The summed E-state index contributed by atoms with van der Waals surface area (Å²) < 4.78 is 0. The molecule has 1 heterocycles. The van der Waals surface area contributed by atoms with Gasteiger partial charge in [-0.2, -0.15) is 0 Å². The molecule has 110 valence electrons. The zero-order valence-electron chi connectivity index (χ0n) is 12.8. The van der Waals surface area contributed by atoms with Crippen LogP contribution in [0.5, 0.6) is 0 Å². The predicted molar refractivity (Wildman–Crippen MR) is 81.5 cm³/mol. The van der Waals surface area contributed by atoms with Crippen molar-refractivity contribution in [2.75, 3.05) is 26.2 Å². The van der Waals surface area contributed by atoms with Crippen molar-refractivity contribution in [2.45, 2.75) is 76.7 Å². The molecule has 2 saturated carbocycles. The van der Waals surface area contributed by atoms with Crippen LogP contribution in [0.1, 0.15) is 71.1 Å². The molecule has 2 nitrogen and oxygen atoms in total. The molecule has 0 unspecified atom stereocenters. The van der Waals surface area contributed by atoms with Gasteiger partial charge in [0.25, 0.3) is 0 Å². The van der Waals surface area contributed by atoms with E-state index in [4.69, 9.17) is 0 Å². The molecule has 0 radical (unpaired) electrons. The Balaban J connectivity index is 1.62. The second-order valence-electron chi connectivity index (χ2n) is 7.85. The van der Waals surface area contributed by atoms with Crippen LogP contribution in [-0.4, -0.2) is 36.6 Å². The van der Waals surface area contributed by atoms with Crippen LogP contribution >= 0.6 is 0 Å². The molecule has 1 saturated heterocycles. The minimum Gasteiger partial charge on any atom is -0.310 e. The van der Waals surface area contributed by atoms with Crippen molar-refractivity contribution in [3.05, 3.63) is 0 Å². The molecule has 1 N–H and O–H groups in total. The molecule has 3 rings (SSSR count). The lowest BCUT2D eigenvalue weighted by atomic mass is 9.75. The van der Waals surface area contributed by atoms with Gasteiger partial charge in [-0.25, -0.2) is 0 Å². The van der Waals surface area contributed by atoms with Crippen LogP contribution < -0.4 is 5.32 Å². The number of hydrogen-bond donors (Lipinski definition) is 1. The van der Waals surface area contributed by atoms with Gasteiger partial charge in [0.2, 0.25) is 0 Å². The van der Waals surface area contributed by atoms with Crippen molar-refractivity contribution in [2.24, 2.45) is 5.41 Å². The molecule has 0 aromatic heterocycles. The quantitative estimate of drug-likeness (QED) is 0.820. The van der Waals surface area contributed by atoms with Gasteiger partial charge in [-0.15, -0.1) is 0 Å². The summed E-state index contributed by atoms with van der Waals surface area (Å²) in [5.74, 6) is 0. The lowest BCUT2D eigenvalue weighted by Gasteiger charge is -2.41. The zero-order valence-corrected chi connectivity index (χ0v) is 12.8. The highest BCUT2D eigenvalue weighted by atomic mass is 15.2. The van der Waals surface area contributed by atoms with Gasteiger partial charge in [0, 0.05) is 18.6 Å². The Morgan fingerprint density at radius 2 is 1.58 bits per heavy atom. The van der Waals surface area contributed by atoms with E-state index in [-0.39, 0.29) is 0 Å². The van der Waals surface area contributed by atoms with Crippen LogP contribution in [0.2, 0.25) is 0 Å². The van der Waals surface area contributed by atoms with E-state index in [9.17, 15) is 0 Å². The molecule has 19 heavy (non-hydrogen) atoms. The maximum atomic E-state index is 3.90. The Kier molecular flexibility index (Phi) is 4.19. The Morgan fingerprint density at radius 3 is 2.32 bits per heavy atom. The first kappa shape index (κ1) is 13.9. The van der Waals surface area contributed by atoms with E-state index < -0.39 is 0 Å². The first-order chi connectivity index (χ1) is 9.20. The van der Waals surface area contributed by atoms with E-state index in [1.165, 1.54) is 90.4 Å². The summed E-state index contributed by atoms with van der Waals surface area (Å²) in [6.07, 6.45) is 14.4. The van der Waals surface area contributed by atoms with E-state index in [1.54, 1.807) is 0 Å². The van der Waals surface area contributed by atoms with Crippen LogP contribution in [-0.2, 0) is 0 Å². The van der Waals surface area contributed by atoms with Crippen molar-refractivity contribution >= 4 is 0 Å². The fourth-order valence-corrected chi connectivity index (χ4v) is 4.84. The van der Waals surface area contributed by atoms with E-state index in [1.807, 2.05) is 0 Å². The number of rotatable bonds is 2. The first-order valence-corrected chi connectivity index (χ1v) is 8.67. The van der Waals surface area contributed by atoms with Crippen molar-refractivity contribution in [1.82, 2.24) is 10.2 Å². The van der Waals surface area contributed by atoms with E-state index in [0.29, 0.717) is 11.0 Å². The number of hydrogen-bond acceptors (Lipinski definition) is 2. The summed E-state index contributed by atoms with van der Waals surface area (Å²) in [5, 5.41) is 3.90.